The highest BCUT2D eigenvalue weighted by molar-refractivity contribution is 6.12. The number of aromatic nitrogens is 1. The average Bonchev–Trinajstić information content (AvgIpc) is 2.78. The largest absolute Gasteiger partial charge is 0.482 e. The molecule has 1 aliphatic heterocycles. The number of anilines is 1. The number of ether oxygens (including phenoxy) is 1. The first-order valence-electron chi connectivity index (χ1n) is 10.3. The van der Waals surface area contributed by atoms with Gasteiger partial charge < -0.3 is 26.5 Å². The summed E-state index contributed by atoms with van der Waals surface area (Å²) in [6, 6.07) is 5.50. The van der Waals surface area contributed by atoms with Gasteiger partial charge in [-0.25, -0.2) is 9.37 Å². The summed E-state index contributed by atoms with van der Waals surface area (Å²) < 4.78 is 46.0. The van der Waals surface area contributed by atoms with E-state index in [1.807, 2.05) is 12.2 Å². The number of nitrogens with zero attached hydrogens (tertiary/aromatic N) is 1. The van der Waals surface area contributed by atoms with Gasteiger partial charge in [0.1, 0.15) is 11.9 Å². The average molecular weight is 458 g/mol. The first-order valence-corrected chi connectivity index (χ1v) is 10.3. The van der Waals surface area contributed by atoms with Gasteiger partial charge in [0.05, 0.1) is 5.71 Å². The van der Waals surface area contributed by atoms with Crippen LogP contribution in [0, 0.1) is 16.6 Å². The highest BCUT2D eigenvalue weighted by Gasteiger charge is 2.23. The lowest BCUT2D eigenvalue weighted by atomic mass is 9.90. The zero-order valence-corrected chi connectivity index (χ0v) is 18.2. The van der Waals surface area contributed by atoms with E-state index in [-0.39, 0.29) is 29.3 Å². The fourth-order valence-corrected chi connectivity index (χ4v) is 3.58. The summed E-state index contributed by atoms with van der Waals surface area (Å²) >= 11 is 0. The summed E-state index contributed by atoms with van der Waals surface area (Å²) in [4.78, 5) is 4.19. The van der Waals surface area contributed by atoms with Crippen molar-refractivity contribution in [3.63, 3.8) is 0 Å². The SMILES string of the molecule is CCN/C1=C(\C=N)C/C(=C/NC(F)F)C(=N)c2ccc(F)cc2[C@@H](C)Oc2cc1cnc2N. The van der Waals surface area contributed by atoms with Gasteiger partial charge in [0.2, 0.25) is 0 Å². The number of allylic oxidation sites excluding steroid dienone is 2. The van der Waals surface area contributed by atoms with Gasteiger partial charge in [0.15, 0.2) is 11.6 Å². The number of hydrogen-bond acceptors (Lipinski definition) is 7. The highest BCUT2D eigenvalue weighted by Crippen LogP contribution is 2.33. The Balaban J connectivity index is 2.31. The minimum Gasteiger partial charge on any atom is -0.482 e. The fraction of sp³-hybridized carbons (Fsp3) is 0.261. The Bertz CT molecular complexity index is 1130. The molecular weight excluding hydrogens is 433 g/mol. The van der Waals surface area contributed by atoms with E-state index in [2.05, 4.69) is 10.3 Å². The van der Waals surface area contributed by atoms with E-state index >= 15 is 0 Å². The normalized spacial score (nSPS) is 19.9. The summed E-state index contributed by atoms with van der Waals surface area (Å²) in [5.41, 5.74) is 8.29. The zero-order chi connectivity index (χ0) is 24.1. The van der Waals surface area contributed by atoms with Gasteiger partial charge in [-0.05, 0) is 49.3 Å². The monoisotopic (exact) mass is 458 g/mol. The van der Waals surface area contributed by atoms with Gasteiger partial charge in [0.25, 0.3) is 0 Å². The van der Waals surface area contributed by atoms with Crippen molar-refractivity contribution >= 4 is 23.4 Å². The lowest BCUT2D eigenvalue weighted by Gasteiger charge is -2.23. The summed E-state index contributed by atoms with van der Waals surface area (Å²) in [5.74, 6) is -0.142. The molecule has 0 saturated heterocycles. The molecule has 33 heavy (non-hydrogen) atoms. The van der Waals surface area contributed by atoms with Crippen LogP contribution in [-0.4, -0.2) is 30.0 Å². The molecule has 1 aromatic heterocycles. The molecule has 0 saturated carbocycles. The van der Waals surface area contributed by atoms with Crippen molar-refractivity contribution in [1.29, 1.82) is 10.8 Å². The summed E-state index contributed by atoms with van der Waals surface area (Å²) in [6.45, 7) is 1.22. The number of halogens is 3. The summed E-state index contributed by atoms with van der Waals surface area (Å²) in [7, 11) is 0. The summed E-state index contributed by atoms with van der Waals surface area (Å²) in [6.07, 6.45) is 2.92. The number of benzene rings is 1. The number of rotatable bonds is 5. The Hall–Kier alpha value is -3.82. The molecular formula is C23H25F3N6O. The maximum Gasteiger partial charge on any atom is 0.312 e. The third kappa shape index (κ3) is 5.33. The van der Waals surface area contributed by atoms with Crippen LogP contribution in [-0.2, 0) is 0 Å². The predicted molar refractivity (Wildman–Crippen MR) is 122 cm³/mol. The lowest BCUT2D eigenvalue weighted by Crippen LogP contribution is -2.21. The number of nitrogens with two attached hydrogens (primary N) is 1. The summed E-state index contributed by atoms with van der Waals surface area (Å²) in [5, 5.41) is 21.8. The Morgan fingerprint density at radius 2 is 2.09 bits per heavy atom. The quantitative estimate of drug-likeness (QED) is 0.336. The molecule has 6 N–H and O–H groups in total. The van der Waals surface area contributed by atoms with Crippen LogP contribution in [0.25, 0.3) is 5.70 Å². The van der Waals surface area contributed by atoms with Crippen molar-refractivity contribution in [3.05, 3.63) is 70.3 Å². The molecule has 0 spiro atoms. The van der Waals surface area contributed by atoms with Gasteiger partial charge >= 0.3 is 6.55 Å². The molecule has 2 heterocycles. The van der Waals surface area contributed by atoms with Crippen LogP contribution in [0.2, 0.25) is 0 Å². The first kappa shape index (κ1) is 23.8. The van der Waals surface area contributed by atoms with Crippen molar-refractivity contribution in [2.75, 3.05) is 12.3 Å². The molecule has 10 heteroatoms. The molecule has 7 nitrogen and oxygen atoms in total. The van der Waals surface area contributed by atoms with Crippen molar-refractivity contribution in [1.82, 2.24) is 15.6 Å². The fourth-order valence-electron chi connectivity index (χ4n) is 3.58. The molecule has 0 unspecified atom stereocenters. The standard InChI is InChI=1S/C23H25F3N6O/c1-3-30-21-13(9-27)6-14(10-32-23(25)26)20(28)17-5-4-16(24)8-18(17)12(2)33-19-7-15(21)11-31-22(19)29/h4-5,7-12,23,27-28,30,32H,3,6H2,1-2H3,(H2,29,31)/b14-10-,21-13-,27-9?,28-20?/t12-/m1/s1. The van der Waals surface area contributed by atoms with E-state index in [9.17, 15) is 13.2 Å². The van der Waals surface area contributed by atoms with Crippen molar-refractivity contribution in [3.8, 4) is 5.75 Å². The molecule has 3 rings (SSSR count). The van der Waals surface area contributed by atoms with Gasteiger partial charge in [0, 0.05) is 54.0 Å². The van der Waals surface area contributed by atoms with Crippen LogP contribution in [0.15, 0.2) is 47.8 Å². The molecule has 0 radical (unpaired) electrons. The van der Waals surface area contributed by atoms with E-state index in [1.54, 1.807) is 13.0 Å². The molecule has 0 aliphatic carbocycles. The van der Waals surface area contributed by atoms with E-state index in [4.69, 9.17) is 21.3 Å². The maximum absolute atomic E-state index is 14.1. The van der Waals surface area contributed by atoms with Crippen LogP contribution in [0.5, 0.6) is 5.75 Å². The number of pyridine rings is 1. The Morgan fingerprint density at radius 3 is 2.76 bits per heavy atom. The van der Waals surface area contributed by atoms with Gasteiger partial charge in [-0.3, -0.25) is 5.41 Å². The predicted octanol–water partition coefficient (Wildman–Crippen LogP) is 4.38. The zero-order valence-electron chi connectivity index (χ0n) is 18.2. The second-order valence-electron chi connectivity index (χ2n) is 7.36. The van der Waals surface area contributed by atoms with Gasteiger partial charge in [-0.15, -0.1) is 0 Å². The van der Waals surface area contributed by atoms with Crippen LogP contribution in [0.4, 0.5) is 19.0 Å². The number of fused-ring (bicyclic) bond motifs is 3. The minimum absolute atomic E-state index is 0.0177. The maximum atomic E-state index is 14.1. The molecule has 0 fully saturated rings. The highest BCUT2D eigenvalue weighted by atomic mass is 19.3. The van der Waals surface area contributed by atoms with E-state index in [1.165, 1.54) is 24.4 Å². The Labute approximate surface area is 189 Å². The molecule has 2 aromatic rings. The Kier molecular flexibility index (Phi) is 7.37. The molecule has 1 aliphatic rings. The molecule has 0 amide bonds. The smallest absolute Gasteiger partial charge is 0.312 e. The number of hydrogen-bond donors (Lipinski definition) is 5. The van der Waals surface area contributed by atoms with Crippen LogP contribution in [0.3, 0.4) is 0 Å². The van der Waals surface area contributed by atoms with Gasteiger partial charge in [-0.1, -0.05) is 0 Å². The van der Waals surface area contributed by atoms with E-state index < -0.39 is 18.5 Å². The number of nitrogens with one attached hydrogen (secondary N) is 4. The third-order valence-electron chi connectivity index (χ3n) is 5.13. The Morgan fingerprint density at radius 1 is 1.33 bits per heavy atom. The second kappa shape index (κ2) is 10.2. The van der Waals surface area contributed by atoms with Crippen molar-refractivity contribution in [2.45, 2.75) is 32.9 Å². The van der Waals surface area contributed by atoms with Crippen LogP contribution in [0.1, 0.15) is 43.1 Å². The molecule has 2 bridgehead atoms. The third-order valence-corrected chi connectivity index (χ3v) is 5.13. The van der Waals surface area contributed by atoms with E-state index in [0.29, 0.717) is 34.5 Å². The van der Waals surface area contributed by atoms with Gasteiger partial charge in [-0.2, -0.15) is 8.78 Å². The minimum atomic E-state index is -2.84. The van der Waals surface area contributed by atoms with Crippen molar-refractivity contribution in [2.24, 2.45) is 0 Å². The lowest BCUT2D eigenvalue weighted by molar-refractivity contribution is 0.125. The van der Waals surface area contributed by atoms with Crippen molar-refractivity contribution < 1.29 is 17.9 Å². The number of nitrogen functional groups attached to an aromatic ring is 1. The molecule has 1 aromatic carbocycles. The van der Waals surface area contributed by atoms with Crippen LogP contribution >= 0.6 is 0 Å². The first-order chi connectivity index (χ1) is 15.7. The molecule has 174 valence electrons. The molecule has 1 atom stereocenters. The second-order valence-corrected chi connectivity index (χ2v) is 7.36. The van der Waals surface area contributed by atoms with E-state index in [0.717, 1.165) is 12.4 Å². The number of alkyl halides is 2. The topological polar surface area (TPSA) is 120 Å². The van der Waals surface area contributed by atoms with Crippen LogP contribution < -0.4 is 21.1 Å².